The smallest absolute Gasteiger partial charge is 0.120 e. The standard InChI is InChI=1S/C15H20O3/c16-13-6-4-5-9-15(10-11-17-12-13)18-14-7-2-1-3-8-14/h1-2,7-8,13,15H,4-6,9-12H2. The molecule has 0 aromatic heterocycles. The van der Waals surface area contributed by atoms with Crippen LogP contribution < -0.4 is 4.74 Å². The van der Waals surface area contributed by atoms with Crippen molar-refractivity contribution in [2.24, 2.45) is 0 Å². The second-order valence-electron chi connectivity index (χ2n) is 4.75. The van der Waals surface area contributed by atoms with E-state index in [4.69, 9.17) is 9.47 Å². The first-order valence-electron chi connectivity index (χ1n) is 6.71. The lowest BCUT2D eigenvalue weighted by Crippen LogP contribution is -2.23. The molecular formula is C15H20O3. The van der Waals surface area contributed by atoms with Crippen molar-refractivity contribution >= 4 is 0 Å². The molecule has 1 fully saturated rings. The van der Waals surface area contributed by atoms with E-state index in [0.29, 0.717) is 19.6 Å². The van der Waals surface area contributed by atoms with Gasteiger partial charge in [-0.25, -0.2) is 5.11 Å². The average molecular weight is 248 g/mol. The van der Waals surface area contributed by atoms with Gasteiger partial charge in [-0.15, -0.1) is 0 Å². The molecule has 1 aliphatic rings. The third-order valence-corrected chi connectivity index (χ3v) is 3.17. The Morgan fingerprint density at radius 1 is 1.28 bits per heavy atom. The van der Waals surface area contributed by atoms with E-state index in [2.05, 4.69) is 6.07 Å². The van der Waals surface area contributed by atoms with Gasteiger partial charge in [0.15, 0.2) is 0 Å². The molecule has 0 bridgehead atoms. The summed E-state index contributed by atoms with van der Waals surface area (Å²) in [7, 11) is 0. The fourth-order valence-electron chi connectivity index (χ4n) is 2.16. The Morgan fingerprint density at radius 3 is 3.00 bits per heavy atom. The van der Waals surface area contributed by atoms with Crippen molar-refractivity contribution in [1.82, 2.24) is 0 Å². The highest BCUT2D eigenvalue weighted by atomic mass is 16.5. The molecule has 1 aliphatic heterocycles. The van der Waals surface area contributed by atoms with Crippen molar-refractivity contribution < 1.29 is 14.6 Å². The van der Waals surface area contributed by atoms with Gasteiger partial charge in [0.25, 0.3) is 0 Å². The topological polar surface area (TPSA) is 38.4 Å². The van der Waals surface area contributed by atoms with Crippen molar-refractivity contribution in [3.8, 4) is 5.75 Å². The highest BCUT2D eigenvalue weighted by molar-refractivity contribution is 5.20. The van der Waals surface area contributed by atoms with Gasteiger partial charge >= 0.3 is 0 Å². The molecule has 0 spiro atoms. The maximum absolute atomic E-state index is 11.4. The first-order valence-corrected chi connectivity index (χ1v) is 6.71. The second kappa shape index (κ2) is 7.39. The molecule has 3 nitrogen and oxygen atoms in total. The summed E-state index contributed by atoms with van der Waals surface area (Å²) < 4.78 is 11.3. The van der Waals surface area contributed by atoms with Crippen LogP contribution in [-0.2, 0) is 9.84 Å². The van der Waals surface area contributed by atoms with Crippen LogP contribution in [0, 0.1) is 6.07 Å². The summed E-state index contributed by atoms with van der Waals surface area (Å²) in [4.78, 5) is 0. The molecule has 18 heavy (non-hydrogen) atoms. The summed E-state index contributed by atoms with van der Waals surface area (Å²) in [6.45, 7) is 0.950. The molecule has 1 saturated heterocycles. The summed E-state index contributed by atoms with van der Waals surface area (Å²) in [6.07, 6.45) is 4.21. The number of rotatable bonds is 2. The van der Waals surface area contributed by atoms with Crippen LogP contribution in [0.4, 0.5) is 0 Å². The van der Waals surface area contributed by atoms with Gasteiger partial charge in [-0.3, -0.25) is 0 Å². The number of hydrogen-bond acceptors (Lipinski definition) is 2. The van der Waals surface area contributed by atoms with Crippen LogP contribution in [0.25, 0.3) is 0 Å². The highest BCUT2D eigenvalue weighted by Crippen LogP contribution is 2.18. The third-order valence-electron chi connectivity index (χ3n) is 3.17. The van der Waals surface area contributed by atoms with E-state index >= 15 is 0 Å². The van der Waals surface area contributed by atoms with Gasteiger partial charge in [-0.2, -0.15) is 0 Å². The zero-order chi connectivity index (χ0) is 12.6. The third kappa shape index (κ3) is 4.67. The molecule has 2 rings (SSSR count). The molecule has 0 amide bonds. The van der Waals surface area contributed by atoms with Gasteiger partial charge in [0.1, 0.15) is 18.0 Å². The van der Waals surface area contributed by atoms with Crippen LogP contribution in [0.1, 0.15) is 32.1 Å². The summed E-state index contributed by atoms with van der Waals surface area (Å²) in [5.41, 5.74) is 0. The van der Waals surface area contributed by atoms with Gasteiger partial charge in [0.05, 0.1) is 13.2 Å². The lowest BCUT2D eigenvalue weighted by molar-refractivity contribution is -0.0200. The summed E-state index contributed by atoms with van der Waals surface area (Å²) in [5, 5.41) is 11.4. The van der Waals surface area contributed by atoms with Crippen LogP contribution in [-0.4, -0.2) is 25.4 Å². The van der Waals surface area contributed by atoms with Gasteiger partial charge in [-0.1, -0.05) is 18.6 Å². The molecule has 0 aliphatic carbocycles. The van der Waals surface area contributed by atoms with E-state index in [1.165, 1.54) is 0 Å². The number of benzene rings is 1. The highest BCUT2D eigenvalue weighted by Gasteiger charge is 2.14. The van der Waals surface area contributed by atoms with Crippen molar-refractivity contribution in [2.75, 3.05) is 13.2 Å². The Hall–Kier alpha value is -1.06. The Labute approximate surface area is 109 Å². The Balaban J connectivity index is 1.83. The first-order chi connectivity index (χ1) is 8.84. The van der Waals surface area contributed by atoms with E-state index in [0.717, 1.165) is 31.4 Å². The summed E-state index contributed by atoms with van der Waals surface area (Å²) in [5.74, 6) is 0.862. The lowest BCUT2D eigenvalue weighted by atomic mass is 10.1. The molecule has 1 heterocycles. The molecule has 2 radical (unpaired) electrons. The fraction of sp³-hybridized carbons (Fsp3) is 0.600. The summed E-state index contributed by atoms with van der Waals surface area (Å²) in [6, 6.07) is 10.6. The van der Waals surface area contributed by atoms with Crippen molar-refractivity contribution in [2.45, 2.75) is 44.3 Å². The molecule has 0 saturated carbocycles. The van der Waals surface area contributed by atoms with Crippen LogP contribution in [0.5, 0.6) is 5.75 Å². The van der Waals surface area contributed by atoms with Crippen molar-refractivity contribution in [3.63, 3.8) is 0 Å². The number of ether oxygens (including phenoxy) is 2. The fourth-order valence-corrected chi connectivity index (χ4v) is 2.16. The van der Waals surface area contributed by atoms with Crippen molar-refractivity contribution in [1.29, 1.82) is 0 Å². The average Bonchev–Trinajstić information content (AvgIpc) is 2.40. The Bertz CT molecular complexity index is 314. The second-order valence-corrected chi connectivity index (χ2v) is 4.75. The molecule has 3 heteroatoms. The van der Waals surface area contributed by atoms with E-state index in [1.807, 2.05) is 24.3 Å². The molecule has 2 unspecified atom stereocenters. The minimum atomic E-state index is -0.550. The van der Waals surface area contributed by atoms with E-state index in [9.17, 15) is 5.11 Å². The van der Waals surface area contributed by atoms with Crippen LogP contribution in [0.15, 0.2) is 24.3 Å². The minimum absolute atomic E-state index is 0.184. The zero-order valence-corrected chi connectivity index (χ0v) is 10.6. The van der Waals surface area contributed by atoms with Crippen LogP contribution in [0.2, 0.25) is 0 Å². The quantitative estimate of drug-likeness (QED) is 0.807. The normalized spacial score (nSPS) is 26.5. The first kappa shape index (κ1) is 13.4. The van der Waals surface area contributed by atoms with E-state index < -0.39 is 6.10 Å². The van der Waals surface area contributed by atoms with Gasteiger partial charge in [-0.05, 0) is 37.5 Å². The Morgan fingerprint density at radius 2 is 2.17 bits per heavy atom. The van der Waals surface area contributed by atoms with Gasteiger partial charge in [0, 0.05) is 6.42 Å². The molecule has 0 N–H and O–H groups in total. The van der Waals surface area contributed by atoms with E-state index in [1.54, 1.807) is 0 Å². The maximum atomic E-state index is 11.4. The lowest BCUT2D eigenvalue weighted by Gasteiger charge is -2.21. The Kier molecular flexibility index (Phi) is 5.49. The largest absolute Gasteiger partial charge is 0.490 e. The predicted molar refractivity (Wildman–Crippen MR) is 68.1 cm³/mol. The SMILES string of the molecule is [O]C1CCCCC(Oc2c[c]ccc2)CCOC1. The van der Waals surface area contributed by atoms with E-state index in [-0.39, 0.29) is 6.10 Å². The molecule has 98 valence electrons. The van der Waals surface area contributed by atoms with Gasteiger partial charge < -0.3 is 9.47 Å². The van der Waals surface area contributed by atoms with Crippen molar-refractivity contribution in [3.05, 3.63) is 30.3 Å². The van der Waals surface area contributed by atoms with Crippen LogP contribution in [0.3, 0.4) is 0 Å². The maximum Gasteiger partial charge on any atom is 0.120 e. The number of hydrogen-bond donors (Lipinski definition) is 0. The predicted octanol–water partition coefficient (Wildman–Crippen LogP) is 3.01. The van der Waals surface area contributed by atoms with Crippen LogP contribution >= 0.6 is 0 Å². The van der Waals surface area contributed by atoms with Gasteiger partial charge in [0.2, 0.25) is 0 Å². The minimum Gasteiger partial charge on any atom is -0.490 e. The zero-order valence-electron chi connectivity index (χ0n) is 10.6. The molecule has 1 aromatic carbocycles. The molecule has 1 aromatic rings. The monoisotopic (exact) mass is 248 g/mol. The molecular weight excluding hydrogens is 228 g/mol. The summed E-state index contributed by atoms with van der Waals surface area (Å²) >= 11 is 0. The molecule has 2 atom stereocenters.